The molecule has 0 radical (unpaired) electrons. The van der Waals surface area contributed by atoms with Crippen molar-refractivity contribution < 1.29 is 4.79 Å². The highest BCUT2D eigenvalue weighted by atomic mass is 16.2. The number of carbonyl (C=O) groups is 1. The van der Waals surface area contributed by atoms with Crippen molar-refractivity contribution in [3.8, 4) is 11.5 Å². The molecule has 1 fully saturated rings. The van der Waals surface area contributed by atoms with E-state index in [4.69, 9.17) is 9.97 Å². The molecular formula is C22H24N8O. The van der Waals surface area contributed by atoms with E-state index in [1.165, 1.54) is 0 Å². The Balaban J connectivity index is 1.51. The van der Waals surface area contributed by atoms with E-state index < -0.39 is 0 Å². The molecule has 3 N–H and O–H groups in total. The topological polar surface area (TPSA) is 106 Å². The van der Waals surface area contributed by atoms with Gasteiger partial charge in [0.15, 0.2) is 11.6 Å². The quantitative estimate of drug-likeness (QED) is 0.472. The number of carbonyl (C=O) groups excluding carboxylic acids is 1. The van der Waals surface area contributed by atoms with Gasteiger partial charge in [-0.2, -0.15) is 5.10 Å². The van der Waals surface area contributed by atoms with E-state index in [1.807, 2.05) is 42.2 Å². The number of H-pyrrole nitrogens is 2. The highest BCUT2D eigenvalue weighted by Crippen LogP contribution is 2.27. The number of rotatable bonds is 4. The van der Waals surface area contributed by atoms with Gasteiger partial charge in [0, 0.05) is 61.8 Å². The number of piperazine rings is 1. The lowest BCUT2D eigenvalue weighted by atomic mass is 10.2. The summed E-state index contributed by atoms with van der Waals surface area (Å²) in [5.41, 5.74) is 2.86. The van der Waals surface area contributed by atoms with E-state index >= 15 is 0 Å². The lowest BCUT2D eigenvalue weighted by Crippen LogP contribution is -2.48. The van der Waals surface area contributed by atoms with Crippen LogP contribution in [0.5, 0.6) is 0 Å². The third kappa shape index (κ3) is 3.94. The van der Waals surface area contributed by atoms with Gasteiger partial charge in [0.2, 0.25) is 5.91 Å². The first-order valence-corrected chi connectivity index (χ1v) is 10.3. The summed E-state index contributed by atoms with van der Waals surface area (Å²) in [4.78, 5) is 28.7. The Morgan fingerprint density at radius 3 is 2.55 bits per heavy atom. The van der Waals surface area contributed by atoms with Crippen molar-refractivity contribution in [2.24, 2.45) is 0 Å². The molecule has 4 aromatic rings. The zero-order chi connectivity index (χ0) is 21.4. The molecule has 9 heteroatoms. The molecule has 3 aromatic heterocycles. The van der Waals surface area contributed by atoms with Crippen molar-refractivity contribution in [3.63, 3.8) is 0 Å². The number of aromatic nitrogens is 5. The summed E-state index contributed by atoms with van der Waals surface area (Å²) in [5.74, 6) is 2.90. The summed E-state index contributed by atoms with van der Waals surface area (Å²) in [7, 11) is 0. The van der Waals surface area contributed by atoms with Gasteiger partial charge < -0.3 is 20.1 Å². The molecule has 4 heterocycles. The highest BCUT2D eigenvalue weighted by molar-refractivity contribution is 5.85. The molecule has 0 spiro atoms. The molecule has 0 bridgehead atoms. The smallest absolute Gasteiger partial charge is 0.219 e. The highest BCUT2D eigenvalue weighted by Gasteiger charge is 2.21. The molecule has 1 aliphatic heterocycles. The number of nitrogens with zero attached hydrogens (tertiary/aromatic N) is 5. The molecular weight excluding hydrogens is 392 g/mol. The monoisotopic (exact) mass is 416 g/mol. The predicted octanol–water partition coefficient (Wildman–Crippen LogP) is 3.07. The van der Waals surface area contributed by atoms with Gasteiger partial charge in [0.05, 0.1) is 5.69 Å². The van der Waals surface area contributed by atoms with Crippen molar-refractivity contribution in [1.82, 2.24) is 30.0 Å². The van der Waals surface area contributed by atoms with Gasteiger partial charge in [-0.15, -0.1) is 0 Å². The number of para-hydroxylation sites is 1. The van der Waals surface area contributed by atoms with Crippen LogP contribution in [0.4, 0.5) is 17.5 Å². The van der Waals surface area contributed by atoms with Gasteiger partial charge in [-0.1, -0.05) is 18.2 Å². The number of aromatic amines is 2. The maximum Gasteiger partial charge on any atom is 0.219 e. The van der Waals surface area contributed by atoms with Crippen LogP contribution in [0, 0.1) is 6.92 Å². The first kappa shape index (κ1) is 19.1. The second-order valence-corrected chi connectivity index (χ2v) is 7.76. The van der Waals surface area contributed by atoms with Gasteiger partial charge in [0.25, 0.3) is 0 Å². The van der Waals surface area contributed by atoms with Gasteiger partial charge in [-0.05, 0) is 19.1 Å². The van der Waals surface area contributed by atoms with Crippen molar-refractivity contribution in [2.75, 3.05) is 36.4 Å². The van der Waals surface area contributed by atoms with Crippen molar-refractivity contribution in [1.29, 1.82) is 0 Å². The number of fused-ring (bicyclic) bond motifs is 1. The number of aryl methyl sites for hydroxylation is 1. The molecule has 0 aliphatic carbocycles. The fourth-order valence-corrected chi connectivity index (χ4v) is 3.84. The Kier molecular flexibility index (Phi) is 4.78. The standard InChI is InChI=1S/C22H24N8O/c1-14-11-20(28-27-14)24-19-13-21(30-9-7-29(8-10-30)15(2)31)26-22(25-19)18-12-16-5-3-4-6-17(16)23-18/h3-6,11-13,23H,7-10H2,1-2H3,(H2,24,25,26,27,28). The zero-order valence-electron chi connectivity index (χ0n) is 17.5. The SMILES string of the molecule is CC(=O)N1CCN(c2cc(Nc3cc(C)[nH]n3)nc(-c3cc4ccccc4[nH]3)n2)CC1. The molecule has 1 saturated heterocycles. The molecule has 0 saturated carbocycles. The minimum atomic E-state index is 0.109. The minimum absolute atomic E-state index is 0.109. The third-order valence-corrected chi connectivity index (χ3v) is 5.49. The Hall–Kier alpha value is -3.88. The van der Waals surface area contributed by atoms with E-state index in [2.05, 4.69) is 37.5 Å². The summed E-state index contributed by atoms with van der Waals surface area (Å²) in [6.07, 6.45) is 0. The van der Waals surface area contributed by atoms with Gasteiger partial charge in [-0.3, -0.25) is 9.89 Å². The van der Waals surface area contributed by atoms with E-state index in [1.54, 1.807) is 6.92 Å². The molecule has 0 unspecified atom stereocenters. The predicted molar refractivity (Wildman–Crippen MR) is 120 cm³/mol. The lowest BCUT2D eigenvalue weighted by molar-refractivity contribution is -0.129. The number of hydrogen-bond donors (Lipinski definition) is 3. The number of amides is 1. The van der Waals surface area contributed by atoms with Crippen molar-refractivity contribution >= 4 is 34.3 Å². The second kappa shape index (κ2) is 7.75. The maximum atomic E-state index is 11.7. The van der Waals surface area contributed by atoms with Crippen LogP contribution < -0.4 is 10.2 Å². The zero-order valence-corrected chi connectivity index (χ0v) is 17.5. The third-order valence-electron chi connectivity index (χ3n) is 5.49. The van der Waals surface area contributed by atoms with E-state index in [0.717, 1.165) is 41.2 Å². The fraction of sp³-hybridized carbons (Fsp3) is 0.273. The Morgan fingerprint density at radius 1 is 1.03 bits per heavy atom. The van der Waals surface area contributed by atoms with Crippen molar-refractivity contribution in [2.45, 2.75) is 13.8 Å². The number of benzene rings is 1. The molecule has 9 nitrogen and oxygen atoms in total. The Labute approximate surface area is 179 Å². The van der Waals surface area contributed by atoms with Crippen molar-refractivity contribution in [3.05, 3.63) is 48.2 Å². The largest absolute Gasteiger partial charge is 0.353 e. The number of hydrogen-bond acceptors (Lipinski definition) is 6. The number of anilines is 3. The normalized spacial score (nSPS) is 14.3. The lowest BCUT2D eigenvalue weighted by Gasteiger charge is -2.35. The summed E-state index contributed by atoms with van der Waals surface area (Å²) in [5, 5.41) is 11.6. The molecule has 1 amide bonds. The average Bonchev–Trinajstić information content (AvgIpc) is 3.39. The molecule has 5 rings (SSSR count). The van der Waals surface area contributed by atoms with Crippen LogP contribution >= 0.6 is 0 Å². The molecule has 31 heavy (non-hydrogen) atoms. The fourth-order valence-electron chi connectivity index (χ4n) is 3.84. The Morgan fingerprint density at radius 2 is 1.84 bits per heavy atom. The molecule has 1 aliphatic rings. The molecule has 158 valence electrons. The van der Waals surface area contributed by atoms with Crippen LogP contribution in [0.1, 0.15) is 12.6 Å². The van der Waals surface area contributed by atoms with Gasteiger partial charge in [0.1, 0.15) is 11.6 Å². The first-order valence-electron chi connectivity index (χ1n) is 10.3. The maximum absolute atomic E-state index is 11.7. The average molecular weight is 416 g/mol. The van der Waals surface area contributed by atoms with Gasteiger partial charge in [-0.25, -0.2) is 9.97 Å². The summed E-state index contributed by atoms with van der Waals surface area (Å²) >= 11 is 0. The van der Waals surface area contributed by atoms with Crippen LogP contribution in [-0.4, -0.2) is 62.1 Å². The van der Waals surface area contributed by atoms with Crippen LogP contribution in [0.15, 0.2) is 42.5 Å². The molecule has 0 atom stereocenters. The van der Waals surface area contributed by atoms with E-state index in [9.17, 15) is 4.79 Å². The van der Waals surface area contributed by atoms with E-state index in [-0.39, 0.29) is 5.91 Å². The minimum Gasteiger partial charge on any atom is -0.353 e. The number of nitrogens with one attached hydrogen (secondary N) is 3. The van der Waals surface area contributed by atoms with Crippen LogP contribution in [0.25, 0.3) is 22.4 Å². The summed E-state index contributed by atoms with van der Waals surface area (Å²) in [6.45, 7) is 6.38. The van der Waals surface area contributed by atoms with Crippen LogP contribution in [0.2, 0.25) is 0 Å². The Bertz CT molecular complexity index is 1200. The van der Waals surface area contributed by atoms with Gasteiger partial charge >= 0.3 is 0 Å². The van der Waals surface area contributed by atoms with Crippen LogP contribution in [-0.2, 0) is 4.79 Å². The summed E-state index contributed by atoms with van der Waals surface area (Å²) < 4.78 is 0. The first-order chi connectivity index (χ1) is 15.0. The molecule has 1 aromatic carbocycles. The second-order valence-electron chi connectivity index (χ2n) is 7.76. The van der Waals surface area contributed by atoms with Crippen LogP contribution in [0.3, 0.4) is 0 Å². The van der Waals surface area contributed by atoms with E-state index in [0.29, 0.717) is 30.5 Å². The summed E-state index contributed by atoms with van der Waals surface area (Å²) in [6, 6.07) is 14.0.